The van der Waals surface area contributed by atoms with E-state index in [0.717, 1.165) is 31.0 Å². The van der Waals surface area contributed by atoms with Gasteiger partial charge < -0.3 is 10.1 Å². The second-order valence-corrected chi connectivity index (χ2v) is 4.78. The van der Waals surface area contributed by atoms with Crippen LogP contribution in [0, 0.1) is 0 Å². The van der Waals surface area contributed by atoms with Gasteiger partial charge in [0.05, 0.1) is 12.1 Å². The van der Waals surface area contributed by atoms with Crippen molar-refractivity contribution < 1.29 is 4.74 Å². The molecule has 2 atom stereocenters. The first kappa shape index (κ1) is 11.0. The minimum absolute atomic E-state index is 0.299. The average molecular weight is 226 g/mol. The van der Waals surface area contributed by atoms with Crippen molar-refractivity contribution in [2.45, 2.75) is 38.3 Å². The lowest BCUT2D eigenvalue weighted by atomic mass is 10.1. The van der Waals surface area contributed by atoms with E-state index in [1.807, 2.05) is 11.6 Å². The van der Waals surface area contributed by atoms with E-state index in [2.05, 4.69) is 17.2 Å². The van der Waals surface area contributed by atoms with Crippen molar-refractivity contribution in [2.24, 2.45) is 0 Å². The molecule has 15 heavy (non-hydrogen) atoms. The van der Waals surface area contributed by atoms with Crippen LogP contribution in [-0.4, -0.2) is 24.2 Å². The second-order valence-electron chi connectivity index (χ2n) is 3.85. The minimum Gasteiger partial charge on any atom is -0.376 e. The summed E-state index contributed by atoms with van der Waals surface area (Å²) in [5.41, 5.74) is 0. The molecule has 3 nitrogen and oxygen atoms in total. The van der Waals surface area contributed by atoms with Crippen molar-refractivity contribution in [3.8, 4) is 0 Å². The number of rotatable bonds is 5. The molecule has 1 N–H and O–H groups in total. The van der Waals surface area contributed by atoms with Gasteiger partial charge in [-0.2, -0.15) is 0 Å². The van der Waals surface area contributed by atoms with Crippen LogP contribution in [-0.2, 0) is 4.74 Å². The first-order valence-electron chi connectivity index (χ1n) is 5.66. The summed E-state index contributed by atoms with van der Waals surface area (Å²) in [5.74, 6) is 0. The Morgan fingerprint density at radius 1 is 1.73 bits per heavy atom. The first-order chi connectivity index (χ1) is 7.42. The lowest BCUT2D eigenvalue weighted by molar-refractivity contribution is 0.0782. The molecule has 0 amide bonds. The third kappa shape index (κ3) is 2.77. The highest BCUT2D eigenvalue weighted by atomic mass is 32.1. The summed E-state index contributed by atoms with van der Waals surface area (Å²) < 4.78 is 5.74. The highest BCUT2D eigenvalue weighted by Crippen LogP contribution is 2.27. The largest absolute Gasteiger partial charge is 0.376 e. The number of thiazole rings is 1. The number of hydrogen-bond donors (Lipinski definition) is 1. The minimum atomic E-state index is 0.299. The van der Waals surface area contributed by atoms with E-state index in [1.54, 1.807) is 11.3 Å². The molecule has 2 rings (SSSR count). The van der Waals surface area contributed by atoms with Gasteiger partial charge >= 0.3 is 0 Å². The fourth-order valence-corrected chi connectivity index (χ4v) is 2.70. The topological polar surface area (TPSA) is 34.2 Å². The Hall–Kier alpha value is -0.450. The normalized spacial score (nSPS) is 23.1. The molecule has 0 aliphatic carbocycles. The lowest BCUT2D eigenvalue weighted by Crippen LogP contribution is -2.32. The Bertz CT molecular complexity index is 270. The summed E-state index contributed by atoms with van der Waals surface area (Å²) in [7, 11) is 0. The zero-order chi connectivity index (χ0) is 10.5. The second kappa shape index (κ2) is 5.58. The summed E-state index contributed by atoms with van der Waals surface area (Å²) >= 11 is 1.71. The molecule has 2 heterocycles. The quantitative estimate of drug-likeness (QED) is 0.837. The maximum absolute atomic E-state index is 5.74. The van der Waals surface area contributed by atoms with Crippen LogP contribution >= 0.6 is 11.3 Å². The van der Waals surface area contributed by atoms with E-state index in [0.29, 0.717) is 12.1 Å². The molecule has 1 saturated heterocycles. The van der Waals surface area contributed by atoms with E-state index in [4.69, 9.17) is 4.74 Å². The summed E-state index contributed by atoms with van der Waals surface area (Å²) in [6.07, 6.45) is 5.67. The monoisotopic (exact) mass is 226 g/mol. The average Bonchev–Trinajstić information content (AvgIpc) is 2.90. The molecule has 4 heteroatoms. The molecule has 1 aliphatic heterocycles. The Morgan fingerprint density at radius 3 is 3.27 bits per heavy atom. The molecule has 0 saturated carbocycles. The predicted octanol–water partition coefficient (Wildman–Crippen LogP) is 2.36. The highest BCUT2D eigenvalue weighted by molar-refractivity contribution is 7.09. The van der Waals surface area contributed by atoms with Crippen molar-refractivity contribution >= 4 is 11.3 Å². The summed E-state index contributed by atoms with van der Waals surface area (Å²) in [6, 6.07) is 0.299. The van der Waals surface area contributed by atoms with E-state index in [9.17, 15) is 0 Å². The van der Waals surface area contributed by atoms with Crippen molar-refractivity contribution in [3.63, 3.8) is 0 Å². The van der Waals surface area contributed by atoms with Gasteiger partial charge in [0.1, 0.15) is 5.01 Å². The number of hydrogen-bond acceptors (Lipinski definition) is 4. The van der Waals surface area contributed by atoms with Crippen molar-refractivity contribution in [1.29, 1.82) is 0 Å². The molecule has 0 bridgehead atoms. The van der Waals surface area contributed by atoms with Gasteiger partial charge in [0, 0.05) is 18.2 Å². The van der Waals surface area contributed by atoms with Gasteiger partial charge in [-0.15, -0.1) is 11.3 Å². The Balaban J connectivity index is 2.01. The van der Waals surface area contributed by atoms with Gasteiger partial charge in [0.15, 0.2) is 0 Å². The highest BCUT2D eigenvalue weighted by Gasteiger charge is 2.28. The van der Waals surface area contributed by atoms with Crippen LogP contribution in [0.5, 0.6) is 0 Å². The van der Waals surface area contributed by atoms with Crippen LogP contribution in [0.4, 0.5) is 0 Å². The summed E-state index contributed by atoms with van der Waals surface area (Å²) in [4.78, 5) is 4.39. The van der Waals surface area contributed by atoms with Crippen LogP contribution < -0.4 is 5.32 Å². The fourth-order valence-electron chi connectivity index (χ4n) is 1.93. The van der Waals surface area contributed by atoms with Crippen LogP contribution in [0.1, 0.15) is 37.2 Å². The Kier molecular flexibility index (Phi) is 4.11. The van der Waals surface area contributed by atoms with Crippen molar-refractivity contribution in [1.82, 2.24) is 10.3 Å². The Labute approximate surface area is 94.9 Å². The van der Waals surface area contributed by atoms with Crippen LogP contribution in [0.3, 0.4) is 0 Å². The van der Waals surface area contributed by atoms with Gasteiger partial charge in [0.2, 0.25) is 0 Å². The molecule has 1 aliphatic rings. The van der Waals surface area contributed by atoms with Gasteiger partial charge in [-0.1, -0.05) is 6.92 Å². The van der Waals surface area contributed by atoms with Crippen LogP contribution in [0.25, 0.3) is 0 Å². The molecule has 84 valence electrons. The number of nitrogens with zero attached hydrogens (tertiary/aromatic N) is 1. The molecule has 2 unspecified atom stereocenters. The SMILES string of the molecule is CCCNC(c1nccs1)C1CCCO1. The summed E-state index contributed by atoms with van der Waals surface area (Å²) in [6.45, 7) is 4.12. The molecular weight excluding hydrogens is 208 g/mol. The molecule has 0 aromatic carbocycles. The van der Waals surface area contributed by atoms with Gasteiger partial charge in [0.25, 0.3) is 0 Å². The first-order valence-corrected chi connectivity index (χ1v) is 6.54. The molecule has 1 aromatic rings. The Morgan fingerprint density at radius 2 is 2.67 bits per heavy atom. The molecule has 1 aromatic heterocycles. The molecule has 1 fully saturated rings. The predicted molar refractivity (Wildman–Crippen MR) is 62.1 cm³/mol. The van der Waals surface area contributed by atoms with Gasteiger partial charge in [-0.3, -0.25) is 0 Å². The van der Waals surface area contributed by atoms with Gasteiger partial charge in [-0.05, 0) is 25.8 Å². The number of nitrogens with one attached hydrogen (secondary N) is 1. The van der Waals surface area contributed by atoms with Crippen LogP contribution in [0.2, 0.25) is 0 Å². The molecule has 0 radical (unpaired) electrons. The molecule has 0 spiro atoms. The lowest BCUT2D eigenvalue weighted by Gasteiger charge is -2.22. The third-order valence-electron chi connectivity index (χ3n) is 2.67. The smallest absolute Gasteiger partial charge is 0.112 e. The number of ether oxygens (including phenoxy) is 1. The maximum Gasteiger partial charge on any atom is 0.112 e. The standard InChI is InChI=1S/C11H18N2OS/c1-2-5-12-10(9-4-3-7-14-9)11-13-6-8-15-11/h6,8-10,12H,2-5,7H2,1H3. The van der Waals surface area contributed by atoms with E-state index in [-0.39, 0.29) is 0 Å². The maximum atomic E-state index is 5.74. The van der Waals surface area contributed by atoms with E-state index >= 15 is 0 Å². The number of aromatic nitrogens is 1. The van der Waals surface area contributed by atoms with Crippen LogP contribution in [0.15, 0.2) is 11.6 Å². The summed E-state index contributed by atoms with van der Waals surface area (Å²) in [5, 5.41) is 6.73. The zero-order valence-corrected chi connectivity index (χ0v) is 9.93. The zero-order valence-electron chi connectivity index (χ0n) is 9.11. The van der Waals surface area contributed by atoms with E-state index < -0.39 is 0 Å². The van der Waals surface area contributed by atoms with Crippen molar-refractivity contribution in [3.05, 3.63) is 16.6 Å². The third-order valence-corrected chi connectivity index (χ3v) is 3.53. The van der Waals surface area contributed by atoms with Crippen molar-refractivity contribution in [2.75, 3.05) is 13.2 Å². The molecular formula is C11H18N2OS. The fraction of sp³-hybridized carbons (Fsp3) is 0.727. The van der Waals surface area contributed by atoms with Gasteiger partial charge in [-0.25, -0.2) is 4.98 Å². The van der Waals surface area contributed by atoms with E-state index in [1.165, 1.54) is 6.42 Å².